The molecule has 154 valence electrons. The zero-order valence-corrected chi connectivity index (χ0v) is 17.9. The van der Waals surface area contributed by atoms with Crippen molar-refractivity contribution in [3.05, 3.63) is 78.2 Å². The molecule has 1 unspecified atom stereocenters. The Labute approximate surface area is 183 Å². The number of hydrogen-bond donors (Lipinski definition) is 0. The number of nitrogens with zero attached hydrogens (tertiary/aromatic N) is 5. The van der Waals surface area contributed by atoms with Gasteiger partial charge in [-0.1, -0.05) is 43.3 Å². The van der Waals surface area contributed by atoms with E-state index >= 15 is 0 Å². The lowest BCUT2D eigenvalue weighted by molar-refractivity contribution is 0.640. The molecule has 0 amide bonds. The summed E-state index contributed by atoms with van der Waals surface area (Å²) in [6.45, 7) is 3.37. The first kappa shape index (κ1) is 20.4. The van der Waals surface area contributed by atoms with Gasteiger partial charge in [0.25, 0.3) is 0 Å². The lowest BCUT2D eigenvalue weighted by Crippen LogP contribution is -2.29. The van der Waals surface area contributed by atoms with Crippen LogP contribution in [0.5, 0.6) is 0 Å². The summed E-state index contributed by atoms with van der Waals surface area (Å²) in [5, 5.41) is 4.73. The van der Waals surface area contributed by atoms with Crippen LogP contribution in [0, 0.1) is 0 Å². The lowest BCUT2D eigenvalue weighted by Gasteiger charge is -2.25. The van der Waals surface area contributed by atoms with E-state index in [9.17, 15) is 0 Å². The third kappa shape index (κ3) is 3.90. The minimum absolute atomic E-state index is 0. The first-order chi connectivity index (χ1) is 14.3. The Hall–Kier alpha value is -2.92. The van der Waals surface area contributed by atoms with Crippen LogP contribution in [-0.2, 0) is 6.42 Å². The largest absolute Gasteiger partial charge is 0.354 e. The summed E-state index contributed by atoms with van der Waals surface area (Å²) in [4.78, 5) is 12.0. The molecule has 0 aliphatic carbocycles. The van der Waals surface area contributed by atoms with E-state index in [4.69, 9.17) is 10.1 Å². The molecule has 5 rings (SSSR count). The number of halogens is 1. The maximum Gasteiger partial charge on any atom is 0.157 e. The second-order valence-corrected chi connectivity index (χ2v) is 7.68. The molecule has 4 heterocycles. The van der Waals surface area contributed by atoms with Crippen LogP contribution in [0.1, 0.15) is 37.4 Å². The summed E-state index contributed by atoms with van der Waals surface area (Å²) in [5.41, 5.74) is 5.16. The normalized spacial score (nSPS) is 16.0. The number of anilines is 1. The van der Waals surface area contributed by atoms with Crippen LogP contribution in [0.4, 0.5) is 5.82 Å². The topological polar surface area (TPSA) is 46.3 Å². The van der Waals surface area contributed by atoms with Crippen molar-refractivity contribution < 1.29 is 0 Å². The molecular weight excluding hydrogens is 394 g/mol. The Morgan fingerprint density at radius 1 is 1.07 bits per heavy atom. The Morgan fingerprint density at radius 3 is 2.77 bits per heavy atom. The summed E-state index contributed by atoms with van der Waals surface area (Å²) in [7, 11) is 0. The highest BCUT2D eigenvalue weighted by atomic mass is 35.5. The second kappa shape index (κ2) is 8.84. The first-order valence-electron chi connectivity index (χ1n) is 10.4. The number of benzene rings is 1. The Morgan fingerprint density at radius 2 is 1.93 bits per heavy atom. The molecule has 30 heavy (non-hydrogen) atoms. The number of hydrogen-bond acceptors (Lipinski definition) is 4. The number of imidazole rings is 1. The fourth-order valence-corrected chi connectivity index (χ4v) is 4.34. The molecule has 1 saturated heterocycles. The van der Waals surface area contributed by atoms with Crippen LogP contribution in [0.2, 0.25) is 0 Å². The molecule has 5 nitrogen and oxygen atoms in total. The Balaban J connectivity index is 0.00000218. The molecule has 6 heteroatoms. The van der Waals surface area contributed by atoms with E-state index in [0.29, 0.717) is 6.04 Å². The van der Waals surface area contributed by atoms with Gasteiger partial charge in [0.2, 0.25) is 0 Å². The number of rotatable bonds is 5. The molecule has 0 spiro atoms. The minimum Gasteiger partial charge on any atom is -0.354 e. The highest BCUT2D eigenvalue weighted by molar-refractivity contribution is 5.85. The second-order valence-electron chi connectivity index (χ2n) is 7.68. The van der Waals surface area contributed by atoms with E-state index in [1.54, 1.807) is 6.20 Å². The van der Waals surface area contributed by atoms with Gasteiger partial charge in [-0.15, -0.1) is 12.4 Å². The summed E-state index contributed by atoms with van der Waals surface area (Å²) in [6, 6.07) is 19.4. The van der Waals surface area contributed by atoms with E-state index < -0.39 is 0 Å². The standard InChI is InChI=1S/C24H25N5.ClH/c1-2-21-11-7-14-28(21)23-12-6-10-20(26-23)16-19-17-22(18-8-4-3-5-9-18)27-29-15-13-25-24(19)29;/h3-6,8-10,12-13,15,17,21H,2,7,11,14,16H2,1H3;1H. The van der Waals surface area contributed by atoms with E-state index in [1.165, 1.54) is 19.3 Å². The summed E-state index contributed by atoms with van der Waals surface area (Å²) < 4.78 is 1.87. The predicted molar refractivity (Wildman–Crippen MR) is 123 cm³/mol. The van der Waals surface area contributed by atoms with E-state index in [2.05, 4.69) is 53.2 Å². The van der Waals surface area contributed by atoms with Crippen molar-refractivity contribution in [2.75, 3.05) is 11.4 Å². The molecule has 4 aromatic rings. The van der Waals surface area contributed by atoms with E-state index in [1.807, 2.05) is 28.9 Å². The van der Waals surface area contributed by atoms with E-state index in [0.717, 1.165) is 46.9 Å². The average molecular weight is 420 g/mol. The fourth-order valence-electron chi connectivity index (χ4n) is 4.34. The van der Waals surface area contributed by atoms with Gasteiger partial charge in [-0.05, 0) is 37.5 Å². The minimum atomic E-state index is 0. The fraction of sp³-hybridized carbons (Fsp3) is 0.292. The van der Waals surface area contributed by atoms with Gasteiger partial charge < -0.3 is 4.90 Å². The van der Waals surface area contributed by atoms with Crippen molar-refractivity contribution in [1.29, 1.82) is 0 Å². The summed E-state index contributed by atoms with van der Waals surface area (Å²) in [5.74, 6) is 1.10. The monoisotopic (exact) mass is 419 g/mol. The van der Waals surface area contributed by atoms with Crippen molar-refractivity contribution in [2.24, 2.45) is 0 Å². The van der Waals surface area contributed by atoms with Crippen LogP contribution >= 0.6 is 12.4 Å². The van der Waals surface area contributed by atoms with Gasteiger partial charge in [0.05, 0.1) is 5.69 Å². The molecular formula is C24H26ClN5. The molecule has 0 N–H and O–H groups in total. The Kier molecular flexibility index (Phi) is 6.00. The van der Waals surface area contributed by atoms with Gasteiger partial charge in [-0.2, -0.15) is 5.10 Å². The van der Waals surface area contributed by atoms with Crippen LogP contribution in [0.3, 0.4) is 0 Å². The van der Waals surface area contributed by atoms with Gasteiger partial charge in [0.1, 0.15) is 5.82 Å². The quantitative estimate of drug-likeness (QED) is 0.447. The van der Waals surface area contributed by atoms with Gasteiger partial charge in [0.15, 0.2) is 5.65 Å². The number of pyridine rings is 1. The molecule has 0 saturated carbocycles. The number of aromatic nitrogens is 4. The molecule has 0 bridgehead atoms. The highest BCUT2D eigenvalue weighted by Gasteiger charge is 2.24. The van der Waals surface area contributed by atoms with Gasteiger partial charge in [-0.25, -0.2) is 14.5 Å². The van der Waals surface area contributed by atoms with Crippen molar-refractivity contribution >= 4 is 23.9 Å². The van der Waals surface area contributed by atoms with Crippen molar-refractivity contribution in [3.8, 4) is 11.3 Å². The molecule has 3 aromatic heterocycles. The van der Waals surface area contributed by atoms with Crippen molar-refractivity contribution in [3.63, 3.8) is 0 Å². The van der Waals surface area contributed by atoms with Crippen LogP contribution in [0.15, 0.2) is 67.0 Å². The average Bonchev–Trinajstić information content (AvgIpc) is 3.44. The maximum atomic E-state index is 5.01. The molecule has 1 aliphatic rings. The summed E-state index contributed by atoms with van der Waals surface area (Å²) >= 11 is 0. The molecule has 1 aromatic carbocycles. The van der Waals surface area contributed by atoms with Crippen molar-refractivity contribution in [2.45, 2.75) is 38.6 Å². The van der Waals surface area contributed by atoms with Gasteiger partial charge in [-0.3, -0.25) is 0 Å². The predicted octanol–water partition coefficient (Wildman–Crippen LogP) is 5.18. The smallest absolute Gasteiger partial charge is 0.157 e. The van der Waals surface area contributed by atoms with E-state index in [-0.39, 0.29) is 12.4 Å². The summed E-state index contributed by atoms with van der Waals surface area (Å²) in [6.07, 6.45) is 8.14. The SMILES string of the molecule is CCC1CCCN1c1cccc(Cc2cc(-c3ccccc3)nn3ccnc23)n1.Cl. The third-order valence-corrected chi connectivity index (χ3v) is 5.81. The van der Waals surface area contributed by atoms with Gasteiger partial charge >= 0.3 is 0 Å². The zero-order chi connectivity index (χ0) is 19.6. The lowest BCUT2D eigenvalue weighted by atomic mass is 10.1. The Bertz CT molecular complexity index is 1120. The van der Waals surface area contributed by atoms with Crippen LogP contribution in [-0.4, -0.2) is 32.2 Å². The first-order valence-corrected chi connectivity index (χ1v) is 10.4. The molecule has 0 radical (unpaired) electrons. The third-order valence-electron chi connectivity index (χ3n) is 5.81. The van der Waals surface area contributed by atoms with Crippen molar-refractivity contribution in [1.82, 2.24) is 19.6 Å². The van der Waals surface area contributed by atoms with Crippen LogP contribution < -0.4 is 4.90 Å². The van der Waals surface area contributed by atoms with Gasteiger partial charge in [0, 0.05) is 48.2 Å². The molecule has 1 atom stereocenters. The molecule has 1 fully saturated rings. The van der Waals surface area contributed by atoms with Crippen LogP contribution in [0.25, 0.3) is 16.9 Å². The highest BCUT2D eigenvalue weighted by Crippen LogP contribution is 2.27. The molecule has 1 aliphatic heterocycles. The zero-order valence-electron chi connectivity index (χ0n) is 17.1. The maximum absolute atomic E-state index is 5.01. The number of fused-ring (bicyclic) bond motifs is 1.